The molecule has 0 amide bonds. The molecule has 0 fully saturated rings. The highest BCUT2D eigenvalue weighted by atomic mass is 19.1. The van der Waals surface area contributed by atoms with Crippen LogP contribution in [0.5, 0.6) is 0 Å². The second-order valence-electron chi connectivity index (χ2n) is 4.91. The van der Waals surface area contributed by atoms with E-state index in [4.69, 9.17) is 0 Å². The summed E-state index contributed by atoms with van der Waals surface area (Å²) >= 11 is 0. The standard InChI is InChI=1S/C16H12F3N3/c1-10-13(17)4-3-12(15(10)19)16-14(18)7-11(8-20-16)9-22-6-2-5-21-22/h2-8H,9H2,1H3. The van der Waals surface area contributed by atoms with Crippen LogP contribution >= 0.6 is 0 Å². The number of hydrogen-bond donors (Lipinski definition) is 0. The molecule has 0 atom stereocenters. The molecule has 3 nitrogen and oxygen atoms in total. The van der Waals surface area contributed by atoms with Crippen LogP contribution in [-0.4, -0.2) is 14.8 Å². The summed E-state index contributed by atoms with van der Waals surface area (Å²) in [5, 5.41) is 4.02. The summed E-state index contributed by atoms with van der Waals surface area (Å²) < 4.78 is 43.2. The van der Waals surface area contributed by atoms with Crippen molar-refractivity contribution in [2.75, 3.05) is 0 Å². The molecule has 2 aromatic heterocycles. The van der Waals surface area contributed by atoms with Gasteiger partial charge in [-0.3, -0.25) is 9.67 Å². The van der Waals surface area contributed by atoms with Crippen LogP contribution in [0.2, 0.25) is 0 Å². The fraction of sp³-hybridized carbons (Fsp3) is 0.125. The van der Waals surface area contributed by atoms with Crippen molar-refractivity contribution in [1.29, 1.82) is 0 Å². The molecule has 2 heterocycles. The highest BCUT2D eigenvalue weighted by Gasteiger charge is 2.16. The lowest BCUT2D eigenvalue weighted by Gasteiger charge is -2.09. The van der Waals surface area contributed by atoms with Crippen LogP contribution in [0.1, 0.15) is 11.1 Å². The van der Waals surface area contributed by atoms with Crippen molar-refractivity contribution in [2.24, 2.45) is 0 Å². The molecule has 112 valence electrons. The zero-order chi connectivity index (χ0) is 15.7. The van der Waals surface area contributed by atoms with Crippen molar-refractivity contribution < 1.29 is 13.2 Å². The summed E-state index contributed by atoms with van der Waals surface area (Å²) in [6.07, 6.45) is 4.82. The second kappa shape index (κ2) is 5.63. The lowest BCUT2D eigenvalue weighted by atomic mass is 10.1. The molecular formula is C16H12F3N3. The molecule has 0 saturated carbocycles. The number of rotatable bonds is 3. The molecule has 0 aliphatic rings. The molecule has 0 bridgehead atoms. The zero-order valence-electron chi connectivity index (χ0n) is 11.7. The minimum Gasteiger partial charge on any atom is -0.268 e. The van der Waals surface area contributed by atoms with Crippen molar-refractivity contribution in [3.8, 4) is 11.3 Å². The van der Waals surface area contributed by atoms with Gasteiger partial charge in [-0.05, 0) is 36.8 Å². The molecule has 0 N–H and O–H groups in total. The van der Waals surface area contributed by atoms with Crippen molar-refractivity contribution in [3.05, 3.63) is 71.4 Å². The van der Waals surface area contributed by atoms with E-state index >= 15 is 0 Å². The Morgan fingerprint density at radius 1 is 1.14 bits per heavy atom. The summed E-state index contributed by atoms with van der Waals surface area (Å²) in [6, 6.07) is 5.33. The molecule has 0 radical (unpaired) electrons. The number of nitrogens with zero attached hydrogens (tertiary/aromatic N) is 3. The highest BCUT2D eigenvalue weighted by Crippen LogP contribution is 2.27. The maximum Gasteiger partial charge on any atom is 0.149 e. The number of halogens is 3. The summed E-state index contributed by atoms with van der Waals surface area (Å²) in [5.41, 5.74) is 0.260. The third kappa shape index (κ3) is 2.59. The number of aromatic nitrogens is 3. The van der Waals surface area contributed by atoms with Crippen LogP contribution in [-0.2, 0) is 6.54 Å². The van der Waals surface area contributed by atoms with Gasteiger partial charge in [0.2, 0.25) is 0 Å². The van der Waals surface area contributed by atoms with E-state index in [-0.39, 0.29) is 16.8 Å². The minimum atomic E-state index is -0.800. The fourth-order valence-electron chi connectivity index (χ4n) is 2.19. The van der Waals surface area contributed by atoms with Crippen LogP contribution in [0.15, 0.2) is 42.9 Å². The van der Waals surface area contributed by atoms with Crippen molar-refractivity contribution in [3.63, 3.8) is 0 Å². The van der Waals surface area contributed by atoms with E-state index in [1.807, 2.05) is 0 Å². The predicted octanol–water partition coefficient (Wildman–Crippen LogP) is 3.72. The van der Waals surface area contributed by atoms with E-state index in [2.05, 4.69) is 10.1 Å². The predicted molar refractivity (Wildman–Crippen MR) is 75.6 cm³/mol. The van der Waals surface area contributed by atoms with Crippen molar-refractivity contribution >= 4 is 0 Å². The Kier molecular flexibility index (Phi) is 3.66. The Balaban J connectivity index is 1.97. The Hall–Kier alpha value is -2.63. The summed E-state index contributed by atoms with van der Waals surface area (Å²) in [4.78, 5) is 3.98. The smallest absolute Gasteiger partial charge is 0.149 e. The SMILES string of the molecule is Cc1c(F)ccc(-c2ncc(Cn3cccn3)cc2F)c1F. The van der Waals surface area contributed by atoms with Gasteiger partial charge in [-0.25, -0.2) is 13.2 Å². The molecule has 3 rings (SSSR count). The maximum absolute atomic E-state index is 14.2. The first-order valence-electron chi connectivity index (χ1n) is 6.63. The van der Waals surface area contributed by atoms with Crippen LogP contribution in [0.25, 0.3) is 11.3 Å². The summed E-state index contributed by atoms with van der Waals surface area (Å²) in [7, 11) is 0. The van der Waals surface area contributed by atoms with Gasteiger partial charge < -0.3 is 0 Å². The Morgan fingerprint density at radius 3 is 2.64 bits per heavy atom. The van der Waals surface area contributed by atoms with Gasteiger partial charge in [0, 0.05) is 29.7 Å². The molecule has 0 unspecified atom stereocenters. The largest absolute Gasteiger partial charge is 0.268 e. The van der Waals surface area contributed by atoms with Crippen molar-refractivity contribution in [2.45, 2.75) is 13.5 Å². The van der Waals surface area contributed by atoms with E-state index in [0.717, 1.165) is 6.07 Å². The first kappa shape index (κ1) is 14.3. The van der Waals surface area contributed by atoms with Crippen LogP contribution in [0.3, 0.4) is 0 Å². The first-order valence-corrected chi connectivity index (χ1v) is 6.63. The molecule has 0 aliphatic carbocycles. The van der Waals surface area contributed by atoms with E-state index < -0.39 is 17.5 Å². The highest BCUT2D eigenvalue weighted by molar-refractivity contribution is 5.62. The van der Waals surface area contributed by atoms with Gasteiger partial charge in [-0.15, -0.1) is 0 Å². The average Bonchev–Trinajstić information content (AvgIpc) is 2.99. The van der Waals surface area contributed by atoms with Crippen LogP contribution in [0, 0.1) is 24.4 Å². The molecular weight excluding hydrogens is 291 g/mol. The third-order valence-electron chi connectivity index (χ3n) is 3.38. The third-order valence-corrected chi connectivity index (χ3v) is 3.38. The van der Waals surface area contributed by atoms with Gasteiger partial charge in [0.25, 0.3) is 0 Å². The van der Waals surface area contributed by atoms with E-state index in [1.54, 1.807) is 23.1 Å². The maximum atomic E-state index is 14.2. The average molecular weight is 303 g/mol. The fourth-order valence-corrected chi connectivity index (χ4v) is 2.19. The number of benzene rings is 1. The quantitative estimate of drug-likeness (QED) is 0.738. The van der Waals surface area contributed by atoms with Gasteiger partial charge in [0.05, 0.1) is 6.54 Å². The van der Waals surface area contributed by atoms with Gasteiger partial charge in [-0.2, -0.15) is 5.10 Å². The molecule has 0 saturated heterocycles. The van der Waals surface area contributed by atoms with Crippen molar-refractivity contribution in [1.82, 2.24) is 14.8 Å². The molecule has 22 heavy (non-hydrogen) atoms. The number of hydrogen-bond acceptors (Lipinski definition) is 2. The molecule has 1 aromatic carbocycles. The van der Waals surface area contributed by atoms with E-state index in [1.165, 1.54) is 25.3 Å². The van der Waals surface area contributed by atoms with Gasteiger partial charge in [-0.1, -0.05) is 0 Å². The van der Waals surface area contributed by atoms with E-state index in [9.17, 15) is 13.2 Å². The molecule has 0 spiro atoms. The lowest BCUT2D eigenvalue weighted by molar-refractivity contribution is 0.567. The number of pyridine rings is 1. The first-order chi connectivity index (χ1) is 10.6. The van der Waals surface area contributed by atoms with Gasteiger partial charge in [0.1, 0.15) is 23.1 Å². The van der Waals surface area contributed by atoms with Crippen LogP contribution in [0.4, 0.5) is 13.2 Å². The zero-order valence-corrected chi connectivity index (χ0v) is 11.7. The topological polar surface area (TPSA) is 30.7 Å². The lowest BCUT2D eigenvalue weighted by Crippen LogP contribution is -2.03. The van der Waals surface area contributed by atoms with Gasteiger partial charge >= 0.3 is 0 Å². The molecule has 3 aromatic rings. The van der Waals surface area contributed by atoms with Gasteiger partial charge in [0.15, 0.2) is 0 Å². The van der Waals surface area contributed by atoms with Crippen LogP contribution < -0.4 is 0 Å². The monoisotopic (exact) mass is 303 g/mol. The summed E-state index contributed by atoms with van der Waals surface area (Å²) in [6.45, 7) is 1.67. The molecule has 0 aliphatic heterocycles. The Labute approximate surface area is 125 Å². The minimum absolute atomic E-state index is 0.0537. The normalized spacial score (nSPS) is 10.9. The summed E-state index contributed by atoms with van der Waals surface area (Å²) in [5.74, 6) is -2.13. The molecule has 6 heteroatoms. The Bertz CT molecular complexity index is 814. The Morgan fingerprint density at radius 2 is 1.95 bits per heavy atom. The second-order valence-corrected chi connectivity index (χ2v) is 4.91. The van der Waals surface area contributed by atoms with E-state index in [0.29, 0.717) is 12.1 Å².